The first-order valence-electron chi connectivity index (χ1n) is 10.7. The van der Waals surface area contributed by atoms with Crippen LogP contribution in [0.25, 0.3) is 10.6 Å². The number of thiazole rings is 1. The topological polar surface area (TPSA) is 51.7 Å². The minimum absolute atomic E-state index is 0.0754. The number of carbonyl (C=O) groups excluding carboxylic acids is 1. The lowest BCUT2D eigenvalue weighted by Crippen LogP contribution is -2.41. The van der Waals surface area contributed by atoms with Crippen LogP contribution in [0.5, 0.6) is 11.5 Å². The standard InChI is InChI=1S/C26H24N2O3S2/c1-30-22-12-18-8-10-28(24(29)13-20-16-33-26(27-20)19-9-11-32-15-19)25(17-6-4-3-5-7-17)21(18)14-23(22)31-2/h3-7,9,11-12,14-16,25H,8,10,13H2,1-2H3. The number of thiophene rings is 1. The molecule has 168 valence electrons. The van der Waals surface area contributed by atoms with Gasteiger partial charge in [-0.05, 0) is 46.7 Å². The minimum atomic E-state index is -0.183. The zero-order valence-corrected chi connectivity index (χ0v) is 20.1. The van der Waals surface area contributed by atoms with E-state index in [0.717, 1.165) is 33.8 Å². The van der Waals surface area contributed by atoms with Crippen molar-refractivity contribution in [1.82, 2.24) is 9.88 Å². The number of benzene rings is 2. The van der Waals surface area contributed by atoms with Gasteiger partial charge in [0.2, 0.25) is 5.91 Å². The van der Waals surface area contributed by atoms with E-state index in [9.17, 15) is 4.79 Å². The molecule has 2 aromatic heterocycles. The molecule has 7 heteroatoms. The number of fused-ring (bicyclic) bond motifs is 1. The van der Waals surface area contributed by atoms with E-state index in [2.05, 4.69) is 23.6 Å². The highest BCUT2D eigenvalue weighted by Gasteiger charge is 2.33. The summed E-state index contributed by atoms with van der Waals surface area (Å²) in [6, 6.07) is 16.1. The monoisotopic (exact) mass is 476 g/mol. The normalized spacial score (nSPS) is 15.2. The van der Waals surface area contributed by atoms with Crippen LogP contribution in [-0.2, 0) is 17.6 Å². The molecule has 0 saturated heterocycles. The Balaban J connectivity index is 1.48. The average molecular weight is 477 g/mol. The summed E-state index contributed by atoms with van der Waals surface area (Å²) in [6.45, 7) is 0.641. The molecule has 1 atom stereocenters. The SMILES string of the molecule is COc1cc2c(cc1OC)C(c1ccccc1)N(C(=O)Cc1csc(-c3ccsc3)n1)CC2. The second-order valence-electron chi connectivity index (χ2n) is 7.89. The average Bonchev–Trinajstić information content (AvgIpc) is 3.55. The molecule has 0 bridgehead atoms. The van der Waals surface area contributed by atoms with Crippen LogP contribution in [0.4, 0.5) is 0 Å². The molecule has 1 aliphatic rings. The number of hydrogen-bond donors (Lipinski definition) is 0. The minimum Gasteiger partial charge on any atom is -0.493 e. The third-order valence-corrected chi connectivity index (χ3v) is 7.58. The van der Waals surface area contributed by atoms with Crippen molar-refractivity contribution in [1.29, 1.82) is 0 Å². The molecule has 0 fully saturated rings. The maximum atomic E-state index is 13.6. The van der Waals surface area contributed by atoms with Gasteiger partial charge >= 0.3 is 0 Å². The highest BCUT2D eigenvalue weighted by atomic mass is 32.1. The predicted octanol–water partition coefficient (Wildman–Crippen LogP) is 5.61. The van der Waals surface area contributed by atoms with Crippen LogP contribution in [0.2, 0.25) is 0 Å². The van der Waals surface area contributed by atoms with Crippen molar-refractivity contribution in [2.45, 2.75) is 18.9 Å². The molecular weight excluding hydrogens is 452 g/mol. The Morgan fingerprint density at radius 1 is 1.09 bits per heavy atom. The van der Waals surface area contributed by atoms with E-state index in [4.69, 9.17) is 14.5 Å². The molecule has 5 nitrogen and oxygen atoms in total. The molecule has 1 unspecified atom stereocenters. The number of aromatic nitrogens is 1. The van der Waals surface area contributed by atoms with Gasteiger partial charge in [-0.2, -0.15) is 11.3 Å². The van der Waals surface area contributed by atoms with Crippen LogP contribution in [0.1, 0.15) is 28.4 Å². The molecule has 5 rings (SSSR count). The fourth-order valence-corrected chi connectivity index (χ4v) is 5.90. The van der Waals surface area contributed by atoms with Gasteiger partial charge in [-0.15, -0.1) is 11.3 Å². The number of amides is 1. The Morgan fingerprint density at radius 3 is 2.61 bits per heavy atom. The van der Waals surface area contributed by atoms with Crippen molar-refractivity contribution in [2.75, 3.05) is 20.8 Å². The number of rotatable bonds is 6. The van der Waals surface area contributed by atoms with E-state index in [1.165, 1.54) is 5.56 Å². The summed E-state index contributed by atoms with van der Waals surface area (Å²) < 4.78 is 11.1. The first-order chi connectivity index (χ1) is 16.2. The molecule has 0 N–H and O–H groups in total. The first-order valence-corrected chi connectivity index (χ1v) is 12.6. The lowest BCUT2D eigenvalue weighted by atomic mass is 9.87. The molecule has 0 radical (unpaired) electrons. The van der Waals surface area contributed by atoms with Gasteiger partial charge in [0.05, 0.1) is 32.4 Å². The van der Waals surface area contributed by atoms with Gasteiger partial charge in [-0.3, -0.25) is 4.79 Å². The van der Waals surface area contributed by atoms with Crippen LogP contribution < -0.4 is 9.47 Å². The summed E-state index contributed by atoms with van der Waals surface area (Å²) in [6.07, 6.45) is 1.05. The van der Waals surface area contributed by atoms with E-state index >= 15 is 0 Å². The Hall–Kier alpha value is -3.16. The Morgan fingerprint density at radius 2 is 1.88 bits per heavy atom. The molecule has 0 saturated carbocycles. The number of ether oxygens (including phenoxy) is 2. The Labute approximate surface area is 201 Å². The van der Waals surface area contributed by atoms with Gasteiger partial charge in [-0.1, -0.05) is 30.3 Å². The summed E-state index contributed by atoms with van der Waals surface area (Å²) in [7, 11) is 3.29. The molecule has 0 aliphatic carbocycles. The molecule has 1 aliphatic heterocycles. The predicted molar refractivity (Wildman–Crippen MR) is 132 cm³/mol. The zero-order chi connectivity index (χ0) is 22.8. The van der Waals surface area contributed by atoms with Crippen molar-refractivity contribution >= 4 is 28.6 Å². The summed E-state index contributed by atoms with van der Waals surface area (Å²) in [5.41, 5.74) is 5.26. The smallest absolute Gasteiger partial charge is 0.229 e. The van der Waals surface area contributed by atoms with Crippen LogP contribution in [0.15, 0.2) is 64.7 Å². The van der Waals surface area contributed by atoms with Gasteiger partial charge in [0.1, 0.15) is 5.01 Å². The molecular formula is C26H24N2O3S2. The quantitative estimate of drug-likeness (QED) is 0.363. The third kappa shape index (κ3) is 4.26. The van der Waals surface area contributed by atoms with Crippen molar-refractivity contribution in [2.24, 2.45) is 0 Å². The van der Waals surface area contributed by atoms with Gasteiger partial charge in [0.15, 0.2) is 11.5 Å². The van der Waals surface area contributed by atoms with E-state index < -0.39 is 0 Å². The van der Waals surface area contributed by atoms with Crippen molar-refractivity contribution in [3.8, 4) is 22.1 Å². The molecule has 4 aromatic rings. The van der Waals surface area contributed by atoms with Gasteiger partial charge in [0, 0.05) is 22.9 Å². The van der Waals surface area contributed by atoms with Gasteiger partial charge in [0.25, 0.3) is 0 Å². The number of carbonyl (C=O) groups is 1. The second kappa shape index (κ2) is 9.37. The summed E-state index contributed by atoms with van der Waals surface area (Å²) in [5.74, 6) is 1.46. The van der Waals surface area contributed by atoms with Crippen LogP contribution in [0.3, 0.4) is 0 Å². The largest absolute Gasteiger partial charge is 0.493 e. The highest BCUT2D eigenvalue weighted by molar-refractivity contribution is 7.14. The number of nitrogens with zero attached hydrogens (tertiary/aromatic N) is 2. The van der Waals surface area contributed by atoms with Crippen LogP contribution >= 0.6 is 22.7 Å². The molecule has 1 amide bonds. The lowest BCUT2D eigenvalue weighted by molar-refractivity contribution is -0.132. The number of methoxy groups -OCH3 is 2. The van der Waals surface area contributed by atoms with E-state index in [-0.39, 0.29) is 18.4 Å². The van der Waals surface area contributed by atoms with Crippen molar-refractivity contribution < 1.29 is 14.3 Å². The Bertz CT molecular complexity index is 1250. The lowest BCUT2D eigenvalue weighted by Gasteiger charge is -2.38. The van der Waals surface area contributed by atoms with Gasteiger partial charge < -0.3 is 14.4 Å². The fourth-order valence-electron chi connectivity index (χ4n) is 4.37. The zero-order valence-electron chi connectivity index (χ0n) is 18.5. The summed E-state index contributed by atoms with van der Waals surface area (Å²) in [4.78, 5) is 20.3. The van der Waals surface area contributed by atoms with Crippen molar-refractivity contribution in [3.63, 3.8) is 0 Å². The van der Waals surface area contributed by atoms with Gasteiger partial charge in [-0.25, -0.2) is 4.98 Å². The van der Waals surface area contributed by atoms with E-state index in [0.29, 0.717) is 18.0 Å². The first kappa shape index (κ1) is 21.7. The maximum Gasteiger partial charge on any atom is 0.229 e. The van der Waals surface area contributed by atoms with Crippen LogP contribution in [-0.4, -0.2) is 36.6 Å². The summed E-state index contributed by atoms with van der Waals surface area (Å²) >= 11 is 3.23. The second-order valence-corrected chi connectivity index (χ2v) is 9.53. The summed E-state index contributed by atoms with van der Waals surface area (Å²) in [5, 5.41) is 7.08. The molecule has 33 heavy (non-hydrogen) atoms. The maximum absolute atomic E-state index is 13.6. The molecule has 0 spiro atoms. The van der Waals surface area contributed by atoms with Crippen LogP contribution in [0, 0.1) is 0 Å². The third-order valence-electron chi connectivity index (χ3n) is 5.96. The Kier molecular flexibility index (Phi) is 6.15. The molecule has 3 heterocycles. The van der Waals surface area contributed by atoms with E-state index in [1.807, 2.05) is 46.0 Å². The highest BCUT2D eigenvalue weighted by Crippen LogP contribution is 2.41. The number of hydrogen-bond acceptors (Lipinski definition) is 6. The van der Waals surface area contributed by atoms with E-state index in [1.54, 1.807) is 36.9 Å². The fraction of sp³-hybridized carbons (Fsp3) is 0.231. The van der Waals surface area contributed by atoms with Crippen molar-refractivity contribution in [3.05, 3.63) is 87.1 Å². The molecule has 2 aromatic carbocycles.